The first-order chi connectivity index (χ1) is 11.8. The van der Waals surface area contributed by atoms with Crippen molar-refractivity contribution in [3.05, 3.63) is 84.6 Å². The monoisotopic (exact) mass is 313 g/mol. The molecule has 0 amide bonds. The molecule has 2 aromatic heterocycles. The first-order valence-corrected chi connectivity index (χ1v) is 8.10. The summed E-state index contributed by atoms with van der Waals surface area (Å²) in [7, 11) is 2.06. The molecule has 4 aromatic rings. The fraction of sp³-hybridized carbons (Fsp3) is 0.0952. The van der Waals surface area contributed by atoms with Crippen molar-refractivity contribution >= 4 is 16.7 Å². The molecule has 118 valence electrons. The van der Waals surface area contributed by atoms with E-state index in [2.05, 4.69) is 71.7 Å². The lowest BCUT2D eigenvalue weighted by atomic mass is 10.1. The van der Waals surface area contributed by atoms with Crippen molar-refractivity contribution in [2.75, 3.05) is 5.32 Å². The molecule has 24 heavy (non-hydrogen) atoms. The molecule has 0 aliphatic heterocycles. The topological polar surface area (TPSA) is 29.9 Å². The lowest BCUT2D eigenvalue weighted by Crippen LogP contribution is -2.02. The van der Waals surface area contributed by atoms with Crippen LogP contribution in [-0.2, 0) is 13.6 Å². The Bertz CT molecular complexity index is 956. The molecular formula is C21H19N3. The molecule has 2 heterocycles. The molecule has 0 aliphatic rings. The van der Waals surface area contributed by atoms with Crippen molar-refractivity contribution < 1.29 is 0 Å². The highest BCUT2D eigenvalue weighted by Crippen LogP contribution is 2.29. The van der Waals surface area contributed by atoms with E-state index in [9.17, 15) is 0 Å². The predicted molar refractivity (Wildman–Crippen MR) is 99.9 cm³/mol. The molecule has 4 rings (SSSR count). The molecule has 0 radical (unpaired) electrons. The first kappa shape index (κ1) is 14.5. The van der Waals surface area contributed by atoms with Crippen molar-refractivity contribution in [2.45, 2.75) is 6.54 Å². The van der Waals surface area contributed by atoms with Crippen LogP contribution in [0.3, 0.4) is 0 Å². The van der Waals surface area contributed by atoms with E-state index in [0.717, 1.165) is 34.5 Å². The third-order valence-electron chi connectivity index (χ3n) is 4.22. The normalized spacial score (nSPS) is 10.9. The number of fused-ring (bicyclic) bond motifs is 1. The molecule has 0 bridgehead atoms. The number of hydrogen-bond acceptors (Lipinski definition) is 2. The Morgan fingerprint density at radius 3 is 2.38 bits per heavy atom. The molecule has 0 fully saturated rings. The van der Waals surface area contributed by atoms with Crippen LogP contribution in [0.15, 0.2) is 79.0 Å². The van der Waals surface area contributed by atoms with Crippen LogP contribution in [0.5, 0.6) is 0 Å². The lowest BCUT2D eigenvalue weighted by Gasteiger charge is -2.12. The van der Waals surface area contributed by atoms with Gasteiger partial charge >= 0.3 is 0 Å². The molecule has 0 saturated carbocycles. The van der Waals surface area contributed by atoms with Gasteiger partial charge in [-0.25, -0.2) is 4.98 Å². The zero-order valence-corrected chi connectivity index (χ0v) is 13.6. The molecule has 0 atom stereocenters. The summed E-state index contributed by atoms with van der Waals surface area (Å²) in [6, 6.07) is 25.0. The van der Waals surface area contributed by atoms with Gasteiger partial charge in [-0.15, -0.1) is 0 Å². The Kier molecular flexibility index (Phi) is 3.75. The zero-order chi connectivity index (χ0) is 16.4. The van der Waals surface area contributed by atoms with Gasteiger partial charge in [0.15, 0.2) is 0 Å². The van der Waals surface area contributed by atoms with Crippen LogP contribution >= 0.6 is 0 Å². The molecule has 3 heteroatoms. The van der Waals surface area contributed by atoms with Gasteiger partial charge in [0.2, 0.25) is 0 Å². The van der Waals surface area contributed by atoms with Crippen LogP contribution in [0.4, 0.5) is 5.69 Å². The summed E-state index contributed by atoms with van der Waals surface area (Å²) in [4.78, 5) is 4.82. The number of aromatic nitrogens is 2. The number of benzene rings is 2. The molecule has 0 aliphatic carbocycles. The summed E-state index contributed by atoms with van der Waals surface area (Å²) < 4.78 is 2.12. The van der Waals surface area contributed by atoms with Gasteiger partial charge in [-0.2, -0.15) is 0 Å². The Labute approximate surface area is 141 Å². The third-order valence-corrected chi connectivity index (χ3v) is 4.22. The Balaban J connectivity index is 1.76. The maximum atomic E-state index is 4.82. The average molecular weight is 313 g/mol. The highest BCUT2D eigenvalue weighted by atomic mass is 15.0. The Morgan fingerprint density at radius 1 is 0.917 bits per heavy atom. The van der Waals surface area contributed by atoms with Gasteiger partial charge in [0.05, 0.1) is 22.4 Å². The van der Waals surface area contributed by atoms with Gasteiger partial charge in [-0.05, 0) is 17.7 Å². The van der Waals surface area contributed by atoms with Crippen molar-refractivity contribution in [1.82, 2.24) is 9.55 Å². The second-order valence-electron chi connectivity index (χ2n) is 5.92. The van der Waals surface area contributed by atoms with Crippen LogP contribution in [0.2, 0.25) is 0 Å². The van der Waals surface area contributed by atoms with Crippen LogP contribution in [0.25, 0.3) is 22.3 Å². The van der Waals surface area contributed by atoms with E-state index in [1.807, 2.05) is 24.3 Å². The van der Waals surface area contributed by atoms with E-state index < -0.39 is 0 Å². The molecule has 0 saturated heterocycles. The van der Waals surface area contributed by atoms with E-state index >= 15 is 0 Å². The standard InChI is InChI=1S/C21H19N3/c1-24-13-12-18-21(24)20(22-15-16-8-4-2-5-9-16)14-19(23-18)17-10-6-3-7-11-17/h2-14H,15H2,1H3,(H,22,23). The zero-order valence-electron chi connectivity index (χ0n) is 13.6. The minimum Gasteiger partial charge on any atom is -0.379 e. The van der Waals surface area contributed by atoms with E-state index in [1.54, 1.807) is 0 Å². The second kappa shape index (κ2) is 6.20. The summed E-state index contributed by atoms with van der Waals surface area (Å²) >= 11 is 0. The van der Waals surface area contributed by atoms with Gasteiger partial charge in [0.25, 0.3) is 0 Å². The van der Waals surface area contributed by atoms with Crippen molar-refractivity contribution in [3.63, 3.8) is 0 Å². The van der Waals surface area contributed by atoms with E-state index in [1.165, 1.54) is 5.56 Å². The molecule has 0 unspecified atom stereocenters. The largest absolute Gasteiger partial charge is 0.379 e. The van der Waals surface area contributed by atoms with Crippen LogP contribution in [0.1, 0.15) is 5.56 Å². The van der Waals surface area contributed by atoms with E-state index in [4.69, 9.17) is 4.98 Å². The molecule has 2 aromatic carbocycles. The first-order valence-electron chi connectivity index (χ1n) is 8.10. The van der Waals surface area contributed by atoms with Gasteiger partial charge < -0.3 is 9.88 Å². The van der Waals surface area contributed by atoms with Crippen molar-refractivity contribution in [1.29, 1.82) is 0 Å². The predicted octanol–water partition coefficient (Wildman–Crippen LogP) is 4.85. The minimum absolute atomic E-state index is 0.791. The smallest absolute Gasteiger partial charge is 0.0909 e. The average Bonchev–Trinajstić information content (AvgIpc) is 3.02. The summed E-state index contributed by atoms with van der Waals surface area (Å²) in [5, 5.41) is 3.58. The number of nitrogens with zero attached hydrogens (tertiary/aromatic N) is 2. The number of rotatable bonds is 4. The number of hydrogen-bond donors (Lipinski definition) is 1. The molecule has 1 N–H and O–H groups in total. The van der Waals surface area contributed by atoms with Gasteiger partial charge in [0, 0.05) is 25.4 Å². The Morgan fingerprint density at radius 2 is 1.62 bits per heavy atom. The lowest BCUT2D eigenvalue weighted by molar-refractivity contribution is 0.966. The molecule has 3 nitrogen and oxygen atoms in total. The maximum absolute atomic E-state index is 4.82. The molecule has 0 spiro atoms. The highest BCUT2D eigenvalue weighted by Gasteiger charge is 2.10. The fourth-order valence-corrected chi connectivity index (χ4v) is 2.99. The summed E-state index contributed by atoms with van der Waals surface area (Å²) in [6.07, 6.45) is 2.06. The van der Waals surface area contributed by atoms with Gasteiger partial charge in [-0.1, -0.05) is 60.7 Å². The second-order valence-corrected chi connectivity index (χ2v) is 5.92. The van der Waals surface area contributed by atoms with E-state index in [0.29, 0.717) is 0 Å². The number of pyridine rings is 1. The van der Waals surface area contributed by atoms with Crippen LogP contribution < -0.4 is 5.32 Å². The van der Waals surface area contributed by atoms with Crippen LogP contribution in [-0.4, -0.2) is 9.55 Å². The maximum Gasteiger partial charge on any atom is 0.0909 e. The summed E-state index contributed by atoms with van der Waals surface area (Å²) in [5.41, 5.74) is 6.63. The minimum atomic E-state index is 0.791. The van der Waals surface area contributed by atoms with E-state index in [-0.39, 0.29) is 0 Å². The van der Waals surface area contributed by atoms with Crippen molar-refractivity contribution in [3.8, 4) is 11.3 Å². The van der Waals surface area contributed by atoms with Gasteiger partial charge in [0.1, 0.15) is 0 Å². The molecular weight excluding hydrogens is 294 g/mol. The number of nitrogens with one attached hydrogen (secondary N) is 1. The Hall–Kier alpha value is -3.07. The SMILES string of the molecule is Cn1ccc2nc(-c3ccccc3)cc(NCc3ccccc3)c21. The number of anilines is 1. The van der Waals surface area contributed by atoms with Crippen molar-refractivity contribution in [2.24, 2.45) is 7.05 Å². The quantitative estimate of drug-likeness (QED) is 0.583. The fourth-order valence-electron chi connectivity index (χ4n) is 2.99. The van der Waals surface area contributed by atoms with Crippen LogP contribution in [0, 0.1) is 0 Å². The van der Waals surface area contributed by atoms with Gasteiger partial charge in [-0.3, -0.25) is 0 Å². The summed E-state index contributed by atoms with van der Waals surface area (Å²) in [6.45, 7) is 0.791. The third kappa shape index (κ3) is 2.76. The number of aryl methyl sites for hydroxylation is 1. The summed E-state index contributed by atoms with van der Waals surface area (Å²) in [5.74, 6) is 0. The highest BCUT2D eigenvalue weighted by molar-refractivity contribution is 5.91.